The van der Waals surface area contributed by atoms with Gasteiger partial charge in [0.15, 0.2) is 6.61 Å². The van der Waals surface area contributed by atoms with Crippen LogP contribution >= 0.6 is 0 Å². The van der Waals surface area contributed by atoms with E-state index in [1.165, 1.54) is 0 Å². The molecular weight excluding hydrogens is 230 g/mol. The second-order valence-electron chi connectivity index (χ2n) is 5.36. The largest absolute Gasteiger partial charge is 0.480 e. The maximum absolute atomic E-state index is 11.4. The number of para-hydroxylation sites is 2. The molecule has 0 saturated heterocycles. The van der Waals surface area contributed by atoms with Gasteiger partial charge in [-0.3, -0.25) is 0 Å². The Kier molecular flexibility index (Phi) is 5.01. The lowest BCUT2D eigenvalue weighted by Gasteiger charge is -2.17. The first kappa shape index (κ1) is 14.4. The fourth-order valence-corrected chi connectivity index (χ4v) is 1.26. The Balaban J connectivity index is 2.28. The summed E-state index contributed by atoms with van der Waals surface area (Å²) in [7, 11) is 0. The van der Waals surface area contributed by atoms with Crippen molar-refractivity contribution in [3.63, 3.8) is 0 Å². The Morgan fingerprint density at radius 3 is 2.56 bits per heavy atom. The van der Waals surface area contributed by atoms with Crippen molar-refractivity contribution in [2.75, 3.05) is 18.9 Å². The van der Waals surface area contributed by atoms with Crippen LogP contribution in [0.15, 0.2) is 24.3 Å². The molecule has 0 aliphatic rings. The summed E-state index contributed by atoms with van der Waals surface area (Å²) >= 11 is 0. The van der Waals surface area contributed by atoms with Gasteiger partial charge in [-0.05, 0) is 24.0 Å². The third kappa shape index (κ3) is 5.57. The standard InChI is InChI=1S/C14H21NO3/c1-14(2,3)8-9-17-13(16)10-18-12-7-5-4-6-11(12)15/h4-7H,8-10,15H2,1-3H3. The second kappa shape index (κ2) is 6.28. The monoisotopic (exact) mass is 251 g/mol. The molecule has 0 bridgehead atoms. The number of hydrogen-bond acceptors (Lipinski definition) is 4. The lowest BCUT2D eigenvalue weighted by atomic mass is 9.93. The molecule has 0 aromatic heterocycles. The molecule has 4 nitrogen and oxygen atoms in total. The number of nitrogen functional groups attached to an aromatic ring is 1. The molecule has 1 rings (SSSR count). The Morgan fingerprint density at radius 1 is 1.28 bits per heavy atom. The van der Waals surface area contributed by atoms with Crippen molar-refractivity contribution < 1.29 is 14.3 Å². The van der Waals surface area contributed by atoms with E-state index in [-0.39, 0.29) is 18.0 Å². The van der Waals surface area contributed by atoms with Crippen LogP contribution in [-0.2, 0) is 9.53 Å². The van der Waals surface area contributed by atoms with Gasteiger partial charge in [0, 0.05) is 0 Å². The van der Waals surface area contributed by atoms with Gasteiger partial charge in [-0.1, -0.05) is 32.9 Å². The van der Waals surface area contributed by atoms with Crippen LogP contribution < -0.4 is 10.5 Å². The third-order valence-electron chi connectivity index (χ3n) is 2.38. The minimum absolute atomic E-state index is 0.113. The average Bonchev–Trinajstić information content (AvgIpc) is 2.26. The van der Waals surface area contributed by atoms with Crippen LogP contribution in [0.1, 0.15) is 27.2 Å². The van der Waals surface area contributed by atoms with Crippen LogP contribution in [0.4, 0.5) is 5.69 Å². The number of benzene rings is 1. The van der Waals surface area contributed by atoms with Gasteiger partial charge >= 0.3 is 5.97 Å². The van der Waals surface area contributed by atoms with Crippen LogP contribution in [-0.4, -0.2) is 19.2 Å². The number of anilines is 1. The van der Waals surface area contributed by atoms with E-state index in [2.05, 4.69) is 20.8 Å². The number of hydrogen-bond donors (Lipinski definition) is 1. The Bertz CT molecular complexity index is 396. The molecule has 0 unspecified atom stereocenters. The molecule has 0 atom stereocenters. The maximum Gasteiger partial charge on any atom is 0.344 e. The van der Waals surface area contributed by atoms with Crippen molar-refractivity contribution in [3.05, 3.63) is 24.3 Å². The highest BCUT2D eigenvalue weighted by atomic mass is 16.6. The molecule has 2 N–H and O–H groups in total. The number of carbonyl (C=O) groups excluding carboxylic acids is 1. The van der Waals surface area contributed by atoms with Gasteiger partial charge in [-0.2, -0.15) is 0 Å². The van der Waals surface area contributed by atoms with E-state index in [0.29, 0.717) is 18.0 Å². The predicted octanol–water partition coefficient (Wildman–Crippen LogP) is 2.63. The fraction of sp³-hybridized carbons (Fsp3) is 0.500. The smallest absolute Gasteiger partial charge is 0.344 e. The molecule has 4 heteroatoms. The molecule has 0 fully saturated rings. The molecule has 1 aromatic carbocycles. The van der Waals surface area contributed by atoms with E-state index in [1.54, 1.807) is 18.2 Å². The summed E-state index contributed by atoms with van der Waals surface area (Å²) in [6.07, 6.45) is 0.826. The van der Waals surface area contributed by atoms with Crippen molar-refractivity contribution in [2.24, 2.45) is 5.41 Å². The van der Waals surface area contributed by atoms with E-state index in [9.17, 15) is 4.79 Å². The van der Waals surface area contributed by atoms with Gasteiger partial charge in [-0.15, -0.1) is 0 Å². The van der Waals surface area contributed by atoms with Crippen molar-refractivity contribution in [1.82, 2.24) is 0 Å². The fourth-order valence-electron chi connectivity index (χ4n) is 1.26. The summed E-state index contributed by atoms with van der Waals surface area (Å²) in [5, 5.41) is 0. The first-order valence-corrected chi connectivity index (χ1v) is 6.01. The highest BCUT2D eigenvalue weighted by molar-refractivity contribution is 5.71. The zero-order valence-corrected chi connectivity index (χ0v) is 11.2. The SMILES string of the molecule is CC(C)(C)CCOC(=O)COc1ccccc1N. The average molecular weight is 251 g/mol. The van der Waals surface area contributed by atoms with Crippen LogP contribution in [0, 0.1) is 5.41 Å². The summed E-state index contributed by atoms with van der Waals surface area (Å²) in [5.41, 5.74) is 6.36. The predicted molar refractivity (Wildman–Crippen MR) is 71.4 cm³/mol. The third-order valence-corrected chi connectivity index (χ3v) is 2.38. The van der Waals surface area contributed by atoms with Crippen LogP contribution in [0.5, 0.6) is 5.75 Å². The summed E-state index contributed by atoms with van der Waals surface area (Å²) in [5.74, 6) is 0.132. The Hall–Kier alpha value is -1.71. The molecule has 18 heavy (non-hydrogen) atoms. The van der Waals surface area contributed by atoms with Gasteiger partial charge in [0.05, 0.1) is 12.3 Å². The minimum atomic E-state index is -0.373. The zero-order valence-electron chi connectivity index (χ0n) is 11.2. The van der Waals surface area contributed by atoms with Crippen LogP contribution in [0.25, 0.3) is 0 Å². The number of nitrogens with two attached hydrogens (primary N) is 1. The van der Waals surface area contributed by atoms with Gasteiger partial charge < -0.3 is 15.2 Å². The zero-order chi connectivity index (χ0) is 13.6. The molecular formula is C14H21NO3. The highest BCUT2D eigenvalue weighted by Gasteiger charge is 2.12. The number of rotatable bonds is 5. The van der Waals surface area contributed by atoms with E-state index in [4.69, 9.17) is 15.2 Å². The minimum Gasteiger partial charge on any atom is -0.480 e. The quantitative estimate of drug-likeness (QED) is 0.645. The Labute approximate surface area is 108 Å². The Morgan fingerprint density at radius 2 is 1.94 bits per heavy atom. The van der Waals surface area contributed by atoms with Crippen LogP contribution in [0.3, 0.4) is 0 Å². The summed E-state index contributed by atoms with van der Waals surface area (Å²) in [6.45, 7) is 6.60. The second-order valence-corrected chi connectivity index (χ2v) is 5.36. The molecule has 100 valence electrons. The van der Waals surface area contributed by atoms with Crippen molar-refractivity contribution in [1.29, 1.82) is 0 Å². The summed E-state index contributed by atoms with van der Waals surface area (Å²) in [4.78, 5) is 11.4. The van der Waals surface area contributed by atoms with Gasteiger partial charge in [0.1, 0.15) is 5.75 Å². The molecule has 0 radical (unpaired) electrons. The maximum atomic E-state index is 11.4. The molecule has 0 amide bonds. The number of ether oxygens (including phenoxy) is 2. The highest BCUT2D eigenvalue weighted by Crippen LogP contribution is 2.20. The van der Waals surface area contributed by atoms with Crippen molar-refractivity contribution >= 4 is 11.7 Å². The van der Waals surface area contributed by atoms with E-state index in [1.807, 2.05) is 6.07 Å². The topological polar surface area (TPSA) is 61.5 Å². The lowest BCUT2D eigenvalue weighted by molar-refractivity contribution is -0.146. The van der Waals surface area contributed by atoms with Gasteiger partial charge in [0.25, 0.3) is 0 Å². The molecule has 0 spiro atoms. The van der Waals surface area contributed by atoms with Crippen molar-refractivity contribution in [3.8, 4) is 5.75 Å². The molecule has 0 aliphatic heterocycles. The molecule has 1 aromatic rings. The number of carbonyl (C=O) groups is 1. The van der Waals surface area contributed by atoms with E-state index in [0.717, 1.165) is 6.42 Å². The first-order valence-electron chi connectivity index (χ1n) is 6.01. The summed E-state index contributed by atoms with van der Waals surface area (Å²) < 4.78 is 10.4. The molecule has 0 saturated carbocycles. The lowest BCUT2D eigenvalue weighted by Crippen LogP contribution is -2.18. The summed E-state index contributed by atoms with van der Waals surface area (Å²) in [6, 6.07) is 7.05. The van der Waals surface area contributed by atoms with Crippen molar-refractivity contribution in [2.45, 2.75) is 27.2 Å². The normalized spacial score (nSPS) is 11.1. The van der Waals surface area contributed by atoms with E-state index >= 15 is 0 Å². The molecule has 0 heterocycles. The van der Waals surface area contributed by atoms with E-state index < -0.39 is 0 Å². The number of esters is 1. The van der Waals surface area contributed by atoms with Gasteiger partial charge in [-0.25, -0.2) is 4.79 Å². The molecule has 0 aliphatic carbocycles. The first-order chi connectivity index (χ1) is 8.38. The van der Waals surface area contributed by atoms with Crippen LogP contribution in [0.2, 0.25) is 0 Å². The van der Waals surface area contributed by atoms with Gasteiger partial charge in [0.2, 0.25) is 0 Å².